The van der Waals surface area contributed by atoms with Crippen LogP contribution in [0.25, 0.3) is 11.8 Å². The summed E-state index contributed by atoms with van der Waals surface area (Å²) in [7, 11) is 0. The minimum absolute atomic E-state index is 0.107. The van der Waals surface area contributed by atoms with Crippen LogP contribution in [0.3, 0.4) is 0 Å². The first-order valence-corrected chi connectivity index (χ1v) is 8.25. The molecule has 0 N–H and O–H groups in total. The number of tetrazole rings is 1. The number of carbonyl (C=O) groups excluding carboxylic acids is 2. The maximum Gasteiger partial charge on any atom is 0.357 e. The first-order valence-electron chi connectivity index (χ1n) is 8.25. The Balaban J connectivity index is 2.19. The van der Waals surface area contributed by atoms with Gasteiger partial charge in [-0.05, 0) is 29.0 Å². The summed E-state index contributed by atoms with van der Waals surface area (Å²) in [4.78, 5) is 26.3. The monoisotopic (exact) mass is 367 g/mol. The third-order valence-electron chi connectivity index (χ3n) is 3.54. The van der Waals surface area contributed by atoms with Crippen LogP contribution in [0.4, 0.5) is 0 Å². The molecule has 0 aliphatic heterocycles. The maximum absolute atomic E-state index is 12.6. The SMILES string of the molecule is C=CCN(CC=C)C(=O)COC(=O)/C(=C\c1ccccc1)n1nnnc1C. The number of aryl methyl sites for hydroxylation is 1. The quantitative estimate of drug-likeness (QED) is 0.381. The molecule has 1 amide bonds. The molecule has 0 aliphatic rings. The highest BCUT2D eigenvalue weighted by Crippen LogP contribution is 2.13. The lowest BCUT2D eigenvalue weighted by atomic mass is 10.2. The summed E-state index contributed by atoms with van der Waals surface area (Å²) in [5.41, 5.74) is 0.876. The number of nitrogens with zero attached hydrogens (tertiary/aromatic N) is 5. The predicted molar refractivity (Wildman–Crippen MR) is 101 cm³/mol. The van der Waals surface area contributed by atoms with Gasteiger partial charge in [0.25, 0.3) is 5.91 Å². The van der Waals surface area contributed by atoms with E-state index in [2.05, 4.69) is 28.7 Å². The molecule has 2 rings (SSSR count). The summed E-state index contributed by atoms with van der Waals surface area (Å²) in [6.45, 7) is 9.14. The summed E-state index contributed by atoms with van der Waals surface area (Å²) < 4.78 is 6.48. The molecule has 140 valence electrons. The molecule has 1 aromatic heterocycles. The molecule has 0 spiro atoms. The molecule has 0 atom stereocenters. The number of rotatable bonds is 9. The van der Waals surface area contributed by atoms with Crippen molar-refractivity contribution < 1.29 is 14.3 Å². The molecule has 0 fully saturated rings. The summed E-state index contributed by atoms with van der Waals surface area (Å²) in [5.74, 6) is -0.643. The van der Waals surface area contributed by atoms with Crippen LogP contribution in [0.1, 0.15) is 11.4 Å². The van der Waals surface area contributed by atoms with E-state index in [1.165, 1.54) is 9.58 Å². The van der Waals surface area contributed by atoms with Gasteiger partial charge in [-0.1, -0.05) is 42.5 Å². The summed E-state index contributed by atoms with van der Waals surface area (Å²) >= 11 is 0. The number of carbonyl (C=O) groups is 2. The number of benzene rings is 1. The van der Waals surface area contributed by atoms with Crippen LogP contribution in [0, 0.1) is 6.92 Å². The molecule has 0 saturated carbocycles. The molecular weight excluding hydrogens is 346 g/mol. The Bertz CT molecular complexity index is 832. The standard InChI is InChI=1S/C19H21N5O3/c1-4-11-23(12-5-2)18(25)14-27-19(26)17(24-15(3)20-21-22-24)13-16-9-7-6-8-10-16/h4-10,13H,1-2,11-12,14H2,3H3/b17-13+. The van der Waals surface area contributed by atoms with E-state index < -0.39 is 12.6 Å². The highest BCUT2D eigenvalue weighted by atomic mass is 16.5. The van der Waals surface area contributed by atoms with Crippen LogP contribution in [0.5, 0.6) is 0 Å². The average molecular weight is 367 g/mol. The maximum atomic E-state index is 12.6. The van der Waals surface area contributed by atoms with E-state index in [0.717, 1.165) is 5.56 Å². The van der Waals surface area contributed by atoms with Crippen molar-refractivity contribution in [2.75, 3.05) is 19.7 Å². The highest BCUT2D eigenvalue weighted by Gasteiger charge is 2.20. The van der Waals surface area contributed by atoms with Gasteiger partial charge >= 0.3 is 5.97 Å². The van der Waals surface area contributed by atoms with E-state index in [4.69, 9.17) is 4.74 Å². The molecule has 0 saturated heterocycles. The van der Waals surface area contributed by atoms with Crippen LogP contribution >= 0.6 is 0 Å². The van der Waals surface area contributed by atoms with Gasteiger partial charge in [-0.25, -0.2) is 4.79 Å². The highest BCUT2D eigenvalue weighted by molar-refractivity contribution is 6.15. The Labute approximate surface area is 157 Å². The van der Waals surface area contributed by atoms with E-state index in [9.17, 15) is 9.59 Å². The lowest BCUT2D eigenvalue weighted by Gasteiger charge is -2.19. The van der Waals surface area contributed by atoms with E-state index >= 15 is 0 Å². The Kier molecular flexibility index (Phi) is 7.18. The number of ether oxygens (including phenoxy) is 1. The van der Waals surface area contributed by atoms with Crippen molar-refractivity contribution in [3.63, 3.8) is 0 Å². The van der Waals surface area contributed by atoms with Gasteiger partial charge in [0.1, 0.15) is 0 Å². The zero-order chi connectivity index (χ0) is 19.6. The van der Waals surface area contributed by atoms with Gasteiger partial charge in [0.2, 0.25) is 0 Å². The zero-order valence-corrected chi connectivity index (χ0v) is 15.1. The molecule has 0 bridgehead atoms. The molecule has 27 heavy (non-hydrogen) atoms. The first kappa shape index (κ1) is 19.8. The second-order valence-corrected chi connectivity index (χ2v) is 5.53. The minimum Gasteiger partial charge on any atom is -0.451 e. The van der Waals surface area contributed by atoms with Gasteiger partial charge in [-0.2, -0.15) is 4.68 Å². The molecule has 2 aromatic rings. The van der Waals surface area contributed by atoms with Gasteiger partial charge in [0, 0.05) is 13.1 Å². The largest absolute Gasteiger partial charge is 0.451 e. The Hall–Kier alpha value is -3.55. The van der Waals surface area contributed by atoms with Gasteiger partial charge in [0.05, 0.1) is 0 Å². The van der Waals surface area contributed by atoms with Crippen LogP contribution in [-0.4, -0.2) is 56.7 Å². The van der Waals surface area contributed by atoms with Gasteiger partial charge in [-0.15, -0.1) is 18.3 Å². The molecule has 1 aromatic carbocycles. The second-order valence-electron chi connectivity index (χ2n) is 5.53. The smallest absolute Gasteiger partial charge is 0.357 e. The number of esters is 1. The molecule has 0 aliphatic carbocycles. The third-order valence-corrected chi connectivity index (χ3v) is 3.54. The molecular formula is C19H21N5O3. The predicted octanol–water partition coefficient (Wildman–Crippen LogP) is 1.72. The Morgan fingerprint density at radius 2 is 1.85 bits per heavy atom. The lowest BCUT2D eigenvalue weighted by Crippen LogP contribution is -2.35. The van der Waals surface area contributed by atoms with Crippen molar-refractivity contribution in [2.45, 2.75) is 6.92 Å². The molecule has 0 unspecified atom stereocenters. The third kappa shape index (κ3) is 5.46. The normalized spacial score (nSPS) is 10.9. The van der Waals surface area contributed by atoms with E-state index in [1.54, 1.807) is 25.2 Å². The van der Waals surface area contributed by atoms with Gasteiger partial charge < -0.3 is 9.64 Å². The summed E-state index contributed by atoms with van der Waals surface area (Å²) in [6, 6.07) is 9.20. The molecule has 1 heterocycles. The number of amides is 1. The second kappa shape index (κ2) is 9.81. The fourth-order valence-corrected chi connectivity index (χ4v) is 2.25. The van der Waals surface area contributed by atoms with E-state index in [-0.39, 0.29) is 11.6 Å². The van der Waals surface area contributed by atoms with Crippen molar-refractivity contribution >= 4 is 23.6 Å². The lowest BCUT2D eigenvalue weighted by molar-refractivity contribution is -0.147. The first-order chi connectivity index (χ1) is 13.1. The van der Waals surface area contributed by atoms with Crippen molar-refractivity contribution in [2.24, 2.45) is 0 Å². The van der Waals surface area contributed by atoms with Gasteiger partial charge in [0.15, 0.2) is 18.1 Å². The minimum atomic E-state index is -0.709. The fraction of sp³-hybridized carbons (Fsp3) is 0.211. The average Bonchev–Trinajstić information content (AvgIpc) is 3.10. The molecule has 8 heteroatoms. The number of hydrogen-bond donors (Lipinski definition) is 0. The number of aromatic nitrogens is 4. The molecule has 0 radical (unpaired) electrons. The fourth-order valence-electron chi connectivity index (χ4n) is 2.25. The van der Waals surface area contributed by atoms with Crippen molar-refractivity contribution in [3.8, 4) is 0 Å². The topological polar surface area (TPSA) is 90.2 Å². The van der Waals surface area contributed by atoms with E-state index in [0.29, 0.717) is 18.9 Å². The Morgan fingerprint density at radius 1 is 1.19 bits per heavy atom. The van der Waals surface area contributed by atoms with E-state index in [1.807, 2.05) is 30.3 Å². The van der Waals surface area contributed by atoms with Gasteiger partial charge in [-0.3, -0.25) is 4.79 Å². The van der Waals surface area contributed by atoms with Crippen LogP contribution in [0.2, 0.25) is 0 Å². The zero-order valence-electron chi connectivity index (χ0n) is 15.1. The van der Waals surface area contributed by atoms with Crippen LogP contribution < -0.4 is 0 Å². The molecule has 8 nitrogen and oxygen atoms in total. The Morgan fingerprint density at radius 3 is 2.41 bits per heavy atom. The van der Waals surface area contributed by atoms with Crippen LogP contribution in [-0.2, 0) is 14.3 Å². The summed E-state index contributed by atoms with van der Waals surface area (Å²) in [5, 5.41) is 11.2. The van der Waals surface area contributed by atoms with Crippen molar-refractivity contribution in [1.29, 1.82) is 0 Å². The van der Waals surface area contributed by atoms with Crippen molar-refractivity contribution in [1.82, 2.24) is 25.1 Å². The van der Waals surface area contributed by atoms with Crippen molar-refractivity contribution in [3.05, 3.63) is 67.0 Å². The number of hydrogen-bond acceptors (Lipinski definition) is 6. The summed E-state index contributed by atoms with van der Waals surface area (Å²) in [6.07, 6.45) is 4.78. The van der Waals surface area contributed by atoms with Crippen LogP contribution in [0.15, 0.2) is 55.6 Å².